The Labute approximate surface area is 126 Å². The molecule has 106 valence electrons. The van der Waals surface area contributed by atoms with E-state index in [1.54, 1.807) is 24.4 Å². The first-order valence-electron chi connectivity index (χ1n) is 6.43. The van der Waals surface area contributed by atoms with Gasteiger partial charge in [0.05, 0.1) is 5.69 Å². The number of nitrogens with zero attached hydrogens (tertiary/aromatic N) is 3. The highest BCUT2D eigenvalue weighted by Gasteiger charge is 2.13. The smallest absolute Gasteiger partial charge is 0.274 e. The molecule has 0 spiro atoms. The van der Waals surface area contributed by atoms with Gasteiger partial charge in [-0.2, -0.15) is 5.10 Å². The monoisotopic (exact) mass is 300 g/mol. The molecule has 0 aliphatic heterocycles. The number of rotatable bonds is 2. The zero-order valence-electron chi connectivity index (χ0n) is 11.6. The van der Waals surface area contributed by atoms with Crippen molar-refractivity contribution in [1.82, 2.24) is 14.6 Å². The second-order valence-electron chi connectivity index (χ2n) is 4.80. The van der Waals surface area contributed by atoms with Crippen molar-refractivity contribution < 1.29 is 4.79 Å². The SMILES string of the molecule is Cc1cc2nccc(C(=O)Nc3cc(Cl)ccc3C)n2n1. The molecular weight excluding hydrogens is 288 g/mol. The van der Waals surface area contributed by atoms with Gasteiger partial charge in [0.1, 0.15) is 5.69 Å². The minimum absolute atomic E-state index is 0.254. The first kappa shape index (κ1) is 13.6. The molecule has 3 aromatic rings. The van der Waals surface area contributed by atoms with Crippen LogP contribution in [0.3, 0.4) is 0 Å². The fourth-order valence-corrected chi connectivity index (χ4v) is 2.27. The first-order valence-corrected chi connectivity index (χ1v) is 6.81. The Balaban J connectivity index is 1.99. The van der Waals surface area contributed by atoms with Gasteiger partial charge in [0.2, 0.25) is 0 Å². The number of halogens is 1. The van der Waals surface area contributed by atoms with E-state index in [1.165, 1.54) is 4.52 Å². The average molecular weight is 301 g/mol. The van der Waals surface area contributed by atoms with Gasteiger partial charge in [0, 0.05) is 23.0 Å². The highest BCUT2D eigenvalue weighted by Crippen LogP contribution is 2.21. The van der Waals surface area contributed by atoms with E-state index >= 15 is 0 Å². The number of aryl methyl sites for hydroxylation is 2. The van der Waals surface area contributed by atoms with E-state index < -0.39 is 0 Å². The predicted octanol–water partition coefficient (Wildman–Crippen LogP) is 3.25. The van der Waals surface area contributed by atoms with Gasteiger partial charge in [-0.25, -0.2) is 9.50 Å². The van der Waals surface area contributed by atoms with Crippen LogP contribution < -0.4 is 5.32 Å². The summed E-state index contributed by atoms with van der Waals surface area (Å²) in [6.45, 7) is 3.77. The summed E-state index contributed by atoms with van der Waals surface area (Å²) in [5, 5.41) is 7.71. The maximum atomic E-state index is 12.5. The fraction of sp³-hybridized carbons (Fsp3) is 0.133. The number of aromatic nitrogens is 3. The van der Waals surface area contributed by atoms with Gasteiger partial charge in [-0.3, -0.25) is 4.79 Å². The van der Waals surface area contributed by atoms with Gasteiger partial charge in [-0.15, -0.1) is 0 Å². The van der Waals surface area contributed by atoms with Crippen LogP contribution in [0, 0.1) is 13.8 Å². The van der Waals surface area contributed by atoms with Crippen molar-refractivity contribution in [3.63, 3.8) is 0 Å². The van der Waals surface area contributed by atoms with Crippen LogP contribution in [0.1, 0.15) is 21.7 Å². The molecule has 0 unspecified atom stereocenters. The second kappa shape index (κ2) is 5.18. The van der Waals surface area contributed by atoms with Crippen LogP contribution in [0.2, 0.25) is 5.02 Å². The molecule has 1 amide bonds. The van der Waals surface area contributed by atoms with Crippen molar-refractivity contribution in [3.05, 3.63) is 58.5 Å². The number of hydrogen-bond donors (Lipinski definition) is 1. The molecule has 0 radical (unpaired) electrons. The summed E-state index contributed by atoms with van der Waals surface area (Å²) in [6, 6.07) is 8.82. The third kappa shape index (κ3) is 2.60. The zero-order chi connectivity index (χ0) is 15.0. The Hall–Kier alpha value is -2.40. The third-order valence-electron chi connectivity index (χ3n) is 3.16. The van der Waals surface area contributed by atoms with E-state index in [4.69, 9.17) is 11.6 Å². The summed E-state index contributed by atoms with van der Waals surface area (Å²) >= 11 is 5.97. The molecular formula is C15H13ClN4O. The fourth-order valence-electron chi connectivity index (χ4n) is 2.10. The summed E-state index contributed by atoms with van der Waals surface area (Å²) in [6.07, 6.45) is 1.59. The van der Waals surface area contributed by atoms with E-state index in [2.05, 4.69) is 15.4 Å². The molecule has 1 N–H and O–H groups in total. The van der Waals surface area contributed by atoms with Crippen LogP contribution in [-0.2, 0) is 0 Å². The molecule has 3 rings (SSSR count). The predicted molar refractivity (Wildman–Crippen MR) is 81.9 cm³/mol. The van der Waals surface area contributed by atoms with E-state index in [1.807, 2.05) is 26.0 Å². The Kier molecular flexibility index (Phi) is 3.35. The van der Waals surface area contributed by atoms with Gasteiger partial charge in [-0.1, -0.05) is 17.7 Å². The van der Waals surface area contributed by atoms with Crippen molar-refractivity contribution in [1.29, 1.82) is 0 Å². The van der Waals surface area contributed by atoms with Crippen LogP contribution in [0.4, 0.5) is 5.69 Å². The van der Waals surface area contributed by atoms with Gasteiger partial charge in [-0.05, 0) is 37.6 Å². The molecule has 5 nitrogen and oxygen atoms in total. The molecule has 0 atom stereocenters. The van der Waals surface area contributed by atoms with E-state index in [9.17, 15) is 4.79 Å². The lowest BCUT2D eigenvalue weighted by atomic mass is 10.2. The van der Waals surface area contributed by atoms with Gasteiger partial charge < -0.3 is 5.32 Å². The molecule has 0 aliphatic rings. The van der Waals surface area contributed by atoms with Crippen molar-refractivity contribution in [3.8, 4) is 0 Å². The molecule has 0 aliphatic carbocycles. The van der Waals surface area contributed by atoms with Crippen molar-refractivity contribution in [2.75, 3.05) is 5.32 Å². The number of hydrogen-bond acceptors (Lipinski definition) is 3. The quantitative estimate of drug-likeness (QED) is 0.790. The number of carbonyl (C=O) groups is 1. The number of nitrogens with one attached hydrogen (secondary N) is 1. The molecule has 6 heteroatoms. The van der Waals surface area contributed by atoms with E-state index in [0.717, 1.165) is 11.3 Å². The Morgan fingerprint density at radius 1 is 1.24 bits per heavy atom. The van der Waals surface area contributed by atoms with Crippen LogP contribution in [0.25, 0.3) is 5.65 Å². The standard InChI is InChI=1S/C15H13ClN4O/c1-9-3-4-11(16)8-12(9)18-15(21)13-5-6-17-14-7-10(2)19-20(13)14/h3-8H,1-2H3,(H,18,21). The topological polar surface area (TPSA) is 59.3 Å². The summed E-state index contributed by atoms with van der Waals surface area (Å²) < 4.78 is 1.53. The maximum absolute atomic E-state index is 12.5. The Morgan fingerprint density at radius 3 is 2.86 bits per heavy atom. The Morgan fingerprint density at radius 2 is 2.05 bits per heavy atom. The average Bonchev–Trinajstić information content (AvgIpc) is 2.82. The lowest BCUT2D eigenvalue weighted by Crippen LogP contribution is -2.17. The van der Waals surface area contributed by atoms with Crippen molar-refractivity contribution in [2.45, 2.75) is 13.8 Å². The van der Waals surface area contributed by atoms with Crippen molar-refractivity contribution in [2.24, 2.45) is 0 Å². The third-order valence-corrected chi connectivity index (χ3v) is 3.40. The number of fused-ring (bicyclic) bond motifs is 1. The molecule has 21 heavy (non-hydrogen) atoms. The summed E-state index contributed by atoms with van der Waals surface area (Å²) in [4.78, 5) is 16.6. The molecule has 0 bridgehead atoms. The number of benzene rings is 1. The summed E-state index contributed by atoms with van der Waals surface area (Å²) in [5.41, 5.74) is 3.49. The van der Waals surface area contributed by atoms with E-state index in [0.29, 0.717) is 22.1 Å². The second-order valence-corrected chi connectivity index (χ2v) is 5.24. The minimum atomic E-state index is -0.254. The minimum Gasteiger partial charge on any atom is -0.320 e. The summed E-state index contributed by atoms with van der Waals surface area (Å²) in [7, 11) is 0. The molecule has 2 aromatic heterocycles. The lowest BCUT2D eigenvalue weighted by molar-refractivity contribution is 0.101. The number of carbonyl (C=O) groups excluding carboxylic acids is 1. The van der Waals surface area contributed by atoms with Gasteiger partial charge in [0.15, 0.2) is 5.65 Å². The number of anilines is 1. The zero-order valence-corrected chi connectivity index (χ0v) is 12.3. The van der Waals surface area contributed by atoms with Crippen LogP contribution in [-0.4, -0.2) is 20.5 Å². The normalized spacial score (nSPS) is 10.8. The number of amides is 1. The van der Waals surface area contributed by atoms with Crippen LogP contribution in [0.15, 0.2) is 36.5 Å². The maximum Gasteiger partial charge on any atom is 0.274 e. The molecule has 0 fully saturated rings. The van der Waals surface area contributed by atoms with Crippen LogP contribution in [0.5, 0.6) is 0 Å². The molecule has 2 heterocycles. The molecule has 1 aromatic carbocycles. The van der Waals surface area contributed by atoms with Gasteiger partial charge in [0.25, 0.3) is 5.91 Å². The van der Waals surface area contributed by atoms with Crippen LogP contribution >= 0.6 is 11.6 Å². The summed E-state index contributed by atoms with van der Waals surface area (Å²) in [5.74, 6) is -0.254. The van der Waals surface area contributed by atoms with E-state index in [-0.39, 0.29) is 5.91 Å². The largest absolute Gasteiger partial charge is 0.320 e. The first-order chi connectivity index (χ1) is 10.0. The highest BCUT2D eigenvalue weighted by atomic mass is 35.5. The highest BCUT2D eigenvalue weighted by molar-refractivity contribution is 6.31. The Bertz CT molecular complexity index is 841. The molecule has 0 saturated heterocycles. The van der Waals surface area contributed by atoms with Gasteiger partial charge >= 0.3 is 0 Å². The molecule has 0 saturated carbocycles. The van der Waals surface area contributed by atoms with Crippen molar-refractivity contribution >= 4 is 28.8 Å². The lowest BCUT2D eigenvalue weighted by Gasteiger charge is -2.09.